The maximum Gasteiger partial charge on any atom is 0.127 e. The van der Waals surface area contributed by atoms with Crippen molar-refractivity contribution in [2.24, 2.45) is 7.05 Å². The molecule has 2 rings (SSSR count). The molecule has 0 aliphatic heterocycles. The first kappa shape index (κ1) is 11.1. The monoisotopic (exact) mass is 280 g/mol. The number of anilines is 1. The van der Waals surface area contributed by atoms with Gasteiger partial charge >= 0.3 is 0 Å². The van der Waals surface area contributed by atoms with E-state index < -0.39 is 0 Å². The molecule has 0 bridgehead atoms. The van der Waals surface area contributed by atoms with Gasteiger partial charge in [-0.2, -0.15) is 0 Å². The smallest absolute Gasteiger partial charge is 0.127 e. The van der Waals surface area contributed by atoms with Crippen LogP contribution in [0, 0.1) is 6.92 Å². The van der Waals surface area contributed by atoms with Crippen molar-refractivity contribution in [2.75, 3.05) is 5.32 Å². The number of halogens is 1. The van der Waals surface area contributed by atoms with Crippen molar-refractivity contribution in [3.63, 3.8) is 0 Å². The molecule has 2 aromatic heterocycles. The van der Waals surface area contributed by atoms with Gasteiger partial charge in [0.15, 0.2) is 0 Å². The van der Waals surface area contributed by atoms with Gasteiger partial charge in [0.1, 0.15) is 10.4 Å². The largest absolute Gasteiger partial charge is 0.376 e. The second-order valence-corrected chi connectivity index (χ2v) is 4.39. The topological polar surface area (TPSA) is 42.7 Å². The zero-order valence-electron chi connectivity index (χ0n) is 9.24. The van der Waals surface area contributed by atoms with Crippen molar-refractivity contribution in [3.05, 3.63) is 40.6 Å². The predicted octanol–water partition coefficient (Wildman–Crippen LogP) is 2.50. The first-order valence-electron chi connectivity index (χ1n) is 5.00. The number of pyridine rings is 1. The molecule has 4 nitrogen and oxygen atoms in total. The molecular weight excluding hydrogens is 268 g/mol. The van der Waals surface area contributed by atoms with E-state index in [9.17, 15) is 0 Å². The number of aromatic nitrogens is 3. The number of hydrogen-bond donors (Lipinski definition) is 1. The summed E-state index contributed by atoms with van der Waals surface area (Å²) in [5.41, 5.74) is 2.01. The summed E-state index contributed by atoms with van der Waals surface area (Å²) < 4.78 is 2.85. The van der Waals surface area contributed by atoms with E-state index in [2.05, 4.69) is 31.2 Å². The quantitative estimate of drug-likeness (QED) is 0.879. The van der Waals surface area contributed by atoms with Crippen LogP contribution in [0.25, 0.3) is 0 Å². The van der Waals surface area contributed by atoms with Gasteiger partial charge in [-0.25, -0.2) is 9.97 Å². The van der Waals surface area contributed by atoms with Gasteiger partial charge in [0.05, 0.1) is 17.9 Å². The fraction of sp³-hybridized carbons (Fsp3) is 0.273. The summed E-state index contributed by atoms with van der Waals surface area (Å²) in [5, 5.41) is 3.32. The number of nitrogens with one attached hydrogen (secondary N) is 1. The fourth-order valence-corrected chi connectivity index (χ4v) is 1.86. The molecule has 0 atom stereocenters. The summed E-state index contributed by atoms with van der Waals surface area (Å²) in [4.78, 5) is 8.57. The van der Waals surface area contributed by atoms with Crippen molar-refractivity contribution in [1.29, 1.82) is 0 Å². The molecule has 0 unspecified atom stereocenters. The zero-order chi connectivity index (χ0) is 11.5. The molecule has 0 fully saturated rings. The van der Waals surface area contributed by atoms with E-state index in [1.165, 1.54) is 0 Å². The molecule has 0 amide bonds. The SMILES string of the molecule is Cc1nc(Br)ccc1NCc1nccn1C. The second-order valence-electron chi connectivity index (χ2n) is 3.57. The highest BCUT2D eigenvalue weighted by Crippen LogP contribution is 2.16. The molecule has 16 heavy (non-hydrogen) atoms. The third-order valence-electron chi connectivity index (χ3n) is 2.41. The summed E-state index contributed by atoms with van der Waals surface area (Å²) in [7, 11) is 1.98. The lowest BCUT2D eigenvalue weighted by molar-refractivity contribution is 0.812. The molecule has 0 saturated carbocycles. The minimum absolute atomic E-state index is 0.702. The summed E-state index contributed by atoms with van der Waals surface area (Å²) in [6, 6.07) is 3.93. The van der Waals surface area contributed by atoms with Crippen LogP contribution in [0.3, 0.4) is 0 Å². The summed E-state index contributed by atoms with van der Waals surface area (Å²) in [5.74, 6) is 1.00. The average molecular weight is 281 g/mol. The molecule has 1 N–H and O–H groups in total. The van der Waals surface area contributed by atoms with Crippen LogP contribution in [0.15, 0.2) is 29.1 Å². The van der Waals surface area contributed by atoms with E-state index in [1.807, 2.05) is 36.9 Å². The Hall–Kier alpha value is -1.36. The molecule has 84 valence electrons. The van der Waals surface area contributed by atoms with E-state index in [4.69, 9.17) is 0 Å². The van der Waals surface area contributed by atoms with Gasteiger partial charge in [0.25, 0.3) is 0 Å². The van der Waals surface area contributed by atoms with E-state index in [1.54, 1.807) is 6.20 Å². The van der Waals surface area contributed by atoms with Crippen molar-refractivity contribution >= 4 is 21.6 Å². The Morgan fingerprint density at radius 2 is 2.25 bits per heavy atom. The van der Waals surface area contributed by atoms with Gasteiger partial charge < -0.3 is 9.88 Å². The molecule has 5 heteroatoms. The molecule has 0 aliphatic carbocycles. The van der Waals surface area contributed by atoms with Crippen molar-refractivity contribution in [1.82, 2.24) is 14.5 Å². The number of nitrogens with zero attached hydrogens (tertiary/aromatic N) is 3. The Morgan fingerprint density at radius 1 is 1.44 bits per heavy atom. The normalized spacial score (nSPS) is 10.4. The summed E-state index contributed by atoms with van der Waals surface area (Å²) in [6.45, 7) is 2.68. The van der Waals surface area contributed by atoms with E-state index in [-0.39, 0.29) is 0 Å². The van der Waals surface area contributed by atoms with Crippen LogP contribution >= 0.6 is 15.9 Å². The third kappa shape index (κ3) is 2.41. The van der Waals surface area contributed by atoms with E-state index in [0.717, 1.165) is 21.8 Å². The lowest BCUT2D eigenvalue weighted by Crippen LogP contribution is -2.07. The predicted molar refractivity (Wildman–Crippen MR) is 67.2 cm³/mol. The van der Waals surface area contributed by atoms with Gasteiger partial charge in [-0.3, -0.25) is 0 Å². The highest BCUT2D eigenvalue weighted by atomic mass is 79.9. The highest BCUT2D eigenvalue weighted by molar-refractivity contribution is 9.10. The van der Waals surface area contributed by atoms with Gasteiger partial charge in [-0.15, -0.1) is 0 Å². The molecule has 0 aliphatic rings. The van der Waals surface area contributed by atoms with Crippen LogP contribution in [0.2, 0.25) is 0 Å². The summed E-state index contributed by atoms with van der Waals surface area (Å²) in [6.07, 6.45) is 3.73. The van der Waals surface area contributed by atoms with Crippen molar-refractivity contribution < 1.29 is 0 Å². The van der Waals surface area contributed by atoms with Crippen molar-refractivity contribution in [2.45, 2.75) is 13.5 Å². The number of imidazole rings is 1. The van der Waals surface area contributed by atoms with Crippen LogP contribution in [0.4, 0.5) is 5.69 Å². The molecule has 2 aromatic rings. The first-order valence-corrected chi connectivity index (χ1v) is 5.79. The third-order valence-corrected chi connectivity index (χ3v) is 2.85. The molecule has 0 spiro atoms. The molecule has 2 heterocycles. The van der Waals surface area contributed by atoms with E-state index in [0.29, 0.717) is 6.54 Å². The van der Waals surface area contributed by atoms with Crippen LogP contribution < -0.4 is 5.32 Å². The van der Waals surface area contributed by atoms with Crippen LogP contribution in [0.1, 0.15) is 11.5 Å². The second kappa shape index (κ2) is 4.65. The summed E-state index contributed by atoms with van der Waals surface area (Å²) >= 11 is 3.34. The first-order chi connectivity index (χ1) is 7.66. The molecule has 0 saturated heterocycles. The maximum absolute atomic E-state index is 4.32. The highest BCUT2D eigenvalue weighted by Gasteiger charge is 2.02. The van der Waals surface area contributed by atoms with Gasteiger partial charge in [-0.05, 0) is 35.0 Å². The van der Waals surface area contributed by atoms with Gasteiger partial charge in [0.2, 0.25) is 0 Å². The minimum atomic E-state index is 0.702. The van der Waals surface area contributed by atoms with Gasteiger partial charge in [-0.1, -0.05) is 0 Å². The fourth-order valence-electron chi connectivity index (χ4n) is 1.46. The van der Waals surface area contributed by atoms with E-state index >= 15 is 0 Å². The Morgan fingerprint density at radius 3 is 2.88 bits per heavy atom. The number of rotatable bonds is 3. The minimum Gasteiger partial charge on any atom is -0.376 e. The standard InChI is InChI=1S/C11H13BrN4/c1-8-9(3-4-10(12)15-8)14-7-11-13-5-6-16(11)2/h3-6,14H,7H2,1-2H3. The Labute approximate surface area is 103 Å². The molecule has 0 radical (unpaired) electrons. The lowest BCUT2D eigenvalue weighted by Gasteiger charge is -2.08. The lowest BCUT2D eigenvalue weighted by atomic mass is 10.3. The Bertz CT molecular complexity index is 492. The number of aryl methyl sites for hydroxylation is 2. The van der Waals surface area contributed by atoms with Gasteiger partial charge in [0, 0.05) is 19.4 Å². The Kier molecular flexibility index (Phi) is 3.24. The zero-order valence-corrected chi connectivity index (χ0v) is 10.8. The van der Waals surface area contributed by atoms with Crippen LogP contribution in [-0.2, 0) is 13.6 Å². The molecule has 0 aromatic carbocycles. The Balaban J connectivity index is 2.08. The van der Waals surface area contributed by atoms with Crippen LogP contribution in [0.5, 0.6) is 0 Å². The van der Waals surface area contributed by atoms with Crippen LogP contribution in [-0.4, -0.2) is 14.5 Å². The maximum atomic E-state index is 4.32. The van der Waals surface area contributed by atoms with Crippen molar-refractivity contribution in [3.8, 4) is 0 Å². The number of hydrogen-bond acceptors (Lipinski definition) is 3. The average Bonchev–Trinajstić information content (AvgIpc) is 2.63. The molecular formula is C11H13BrN4.